The molecule has 2 aromatic rings. The second-order valence-electron chi connectivity index (χ2n) is 5.21. The molecular formula is C14H14Cl2N4O2S. The Morgan fingerprint density at radius 3 is 2.83 bits per heavy atom. The van der Waals surface area contributed by atoms with Crippen molar-refractivity contribution in [1.82, 2.24) is 9.97 Å². The third-order valence-electron chi connectivity index (χ3n) is 3.54. The van der Waals surface area contributed by atoms with Gasteiger partial charge in [0.05, 0.1) is 23.8 Å². The van der Waals surface area contributed by atoms with Crippen molar-refractivity contribution in [3.05, 3.63) is 40.3 Å². The number of nitrogens with one attached hydrogen (secondary N) is 1. The van der Waals surface area contributed by atoms with Crippen molar-refractivity contribution in [1.29, 1.82) is 0 Å². The monoisotopic (exact) mass is 372 g/mol. The molecule has 0 spiro atoms. The van der Waals surface area contributed by atoms with Crippen molar-refractivity contribution in [2.45, 2.75) is 12.8 Å². The van der Waals surface area contributed by atoms with Gasteiger partial charge in [-0.3, -0.25) is 4.31 Å². The molecule has 0 unspecified atom stereocenters. The predicted octanol–water partition coefficient (Wildman–Crippen LogP) is 3.24. The first-order valence-electron chi connectivity index (χ1n) is 6.91. The first-order valence-corrected chi connectivity index (χ1v) is 9.51. The van der Waals surface area contributed by atoms with Crippen LogP contribution in [0.4, 0.5) is 17.2 Å². The zero-order chi connectivity index (χ0) is 16.6. The molecule has 0 atom stereocenters. The van der Waals surface area contributed by atoms with Crippen LogP contribution >= 0.6 is 23.2 Å². The number of fused-ring (bicyclic) bond motifs is 1. The van der Waals surface area contributed by atoms with E-state index in [-0.39, 0.29) is 5.28 Å². The number of anilines is 3. The predicted molar refractivity (Wildman–Crippen MR) is 92.3 cm³/mol. The third-order valence-corrected chi connectivity index (χ3v) is 5.17. The molecule has 0 saturated heterocycles. The van der Waals surface area contributed by atoms with Crippen LogP contribution in [0.15, 0.2) is 24.4 Å². The lowest BCUT2D eigenvalue weighted by Crippen LogP contribution is -2.35. The minimum Gasteiger partial charge on any atom is -0.337 e. The number of para-hydroxylation sites is 1. The summed E-state index contributed by atoms with van der Waals surface area (Å²) in [6.45, 7) is 0.447. The van der Waals surface area contributed by atoms with E-state index in [2.05, 4.69) is 15.3 Å². The van der Waals surface area contributed by atoms with Crippen LogP contribution in [0, 0.1) is 0 Å². The fourth-order valence-electron chi connectivity index (χ4n) is 2.61. The molecule has 1 aliphatic heterocycles. The molecular weight excluding hydrogens is 359 g/mol. The Morgan fingerprint density at radius 2 is 2.09 bits per heavy atom. The van der Waals surface area contributed by atoms with E-state index in [1.165, 1.54) is 16.8 Å². The minimum absolute atomic E-state index is 0.0571. The summed E-state index contributed by atoms with van der Waals surface area (Å²) in [4.78, 5) is 7.85. The maximum Gasteiger partial charge on any atom is 0.232 e. The molecule has 122 valence electrons. The van der Waals surface area contributed by atoms with Crippen molar-refractivity contribution >= 4 is 50.4 Å². The molecule has 1 aromatic carbocycles. The van der Waals surface area contributed by atoms with Crippen molar-refractivity contribution < 1.29 is 8.42 Å². The molecule has 1 aliphatic rings. The van der Waals surface area contributed by atoms with E-state index in [4.69, 9.17) is 23.2 Å². The number of hydrogen-bond donors (Lipinski definition) is 1. The topological polar surface area (TPSA) is 75.2 Å². The minimum atomic E-state index is -3.37. The van der Waals surface area contributed by atoms with Crippen molar-refractivity contribution in [3.63, 3.8) is 0 Å². The van der Waals surface area contributed by atoms with Gasteiger partial charge in [0, 0.05) is 6.54 Å². The molecule has 0 fully saturated rings. The number of nitrogens with zero attached hydrogens (tertiary/aromatic N) is 3. The Hall–Kier alpha value is -1.57. The number of aromatic nitrogens is 2. The summed E-state index contributed by atoms with van der Waals surface area (Å²) in [6, 6.07) is 5.57. The van der Waals surface area contributed by atoms with E-state index in [0.29, 0.717) is 28.8 Å². The maximum atomic E-state index is 12.1. The van der Waals surface area contributed by atoms with E-state index in [1.54, 1.807) is 6.07 Å². The summed E-state index contributed by atoms with van der Waals surface area (Å²) in [6.07, 6.45) is 4.19. The highest BCUT2D eigenvalue weighted by molar-refractivity contribution is 7.92. The van der Waals surface area contributed by atoms with Crippen molar-refractivity contribution in [2.24, 2.45) is 0 Å². The third kappa shape index (κ3) is 3.36. The summed E-state index contributed by atoms with van der Waals surface area (Å²) in [7, 11) is -3.37. The van der Waals surface area contributed by atoms with Crippen LogP contribution in [0.5, 0.6) is 0 Å². The molecule has 1 N–H and O–H groups in total. The van der Waals surface area contributed by atoms with Gasteiger partial charge in [0.15, 0.2) is 5.82 Å². The summed E-state index contributed by atoms with van der Waals surface area (Å²) < 4.78 is 25.6. The van der Waals surface area contributed by atoms with Gasteiger partial charge in [-0.05, 0) is 36.1 Å². The van der Waals surface area contributed by atoms with Crippen LogP contribution in [0.3, 0.4) is 0 Å². The highest BCUT2D eigenvalue weighted by Gasteiger charge is 2.27. The molecule has 0 radical (unpaired) electrons. The lowest BCUT2D eigenvalue weighted by Gasteiger charge is -2.31. The van der Waals surface area contributed by atoms with Crippen LogP contribution < -0.4 is 9.62 Å². The zero-order valence-corrected chi connectivity index (χ0v) is 14.6. The van der Waals surface area contributed by atoms with Crippen molar-refractivity contribution in [2.75, 3.05) is 22.4 Å². The average molecular weight is 373 g/mol. The summed E-state index contributed by atoms with van der Waals surface area (Å²) in [5.41, 5.74) is 2.21. The van der Waals surface area contributed by atoms with Crippen LogP contribution in [-0.2, 0) is 16.4 Å². The second kappa shape index (κ2) is 6.14. The average Bonchev–Trinajstić information content (AvgIpc) is 2.50. The van der Waals surface area contributed by atoms with Gasteiger partial charge in [-0.1, -0.05) is 23.7 Å². The number of hydrogen-bond acceptors (Lipinski definition) is 5. The standard InChI is InChI=1S/C14H14Cl2N4O2S/c1-23(21,22)20-7-3-5-9-4-2-6-11(12(9)20)18-13-10(15)8-17-14(16)19-13/h2,4,6,8H,3,5,7H2,1H3,(H,17,18,19). The van der Waals surface area contributed by atoms with Gasteiger partial charge in [0.25, 0.3) is 0 Å². The first-order chi connectivity index (χ1) is 10.9. The molecule has 2 heterocycles. The van der Waals surface area contributed by atoms with Gasteiger partial charge >= 0.3 is 0 Å². The second-order valence-corrected chi connectivity index (χ2v) is 7.86. The Morgan fingerprint density at radius 1 is 1.30 bits per heavy atom. The number of benzene rings is 1. The van der Waals surface area contributed by atoms with Crippen LogP contribution in [0.1, 0.15) is 12.0 Å². The molecule has 0 amide bonds. The molecule has 1 aromatic heterocycles. The quantitative estimate of drug-likeness (QED) is 0.836. The molecule has 0 aliphatic carbocycles. The van der Waals surface area contributed by atoms with Gasteiger partial charge in [-0.25, -0.2) is 13.4 Å². The normalized spacial score (nSPS) is 14.5. The molecule has 6 nitrogen and oxygen atoms in total. The van der Waals surface area contributed by atoms with Crippen molar-refractivity contribution in [3.8, 4) is 0 Å². The van der Waals surface area contributed by atoms with Gasteiger partial charge < -0.3 is 5.32 Å². The zero-order valence-electron chi connectivity index (χ0n) is 12.3. The molecule has 0 bridgehead atoms. The van der Waals surface area contributed by atoms with E-state index >= 15 is 0 Å². The Kier molecular flexibility index (Phi) is 4.35. The number of rotatable bonds is 3. The van der Waals surface area contributed by atoms with E-state index in [0.717, 1.165) is 18.4 Å². The number of sulfonamides is 1. The smallest absolute Gasteiger partial charge is 0.232 e. The highest BCUT2D eigenvalue weighted by Crippen LogP contribution is 2.38. The fourth-order valence-corrected chi connectivity index (χ4v) is 3.89. The van der Waals surface area contributed by atoms with Crippen LogP contribution in [-0.4, -0.2) is 31.2 Å². The highest BCUT2D eigenvalue weighted by atomic mass is 35.5. The molecule has 3 rings (SSSR count). The van der Waals surface area contributed by atoms with Gasteiger partial charge in [0.2, 0.25) is 15.3 Å². The molecule has 0 saturated carbocycles. The van der Waals surface area contributed by atoms with E-state index < -0.39 is 10.0 Å². The Bertz CT molecular complexity index is 858. The number of halogens is 2. The summed E-state index contributed by atoms with van der Waals surface area (Å²) in [5, 5.41) is 3.43. The largest absolute Gasteiger partial charge is 0.337 e. The number of aryl methyl sites for hydroxylation is 1. The van der Waals surface area contributed by atoms with Crippen LogP contribution in [0.2, 0.25) is 10.3 Å². The van der Waals surface area contributed by atoms with Gasteiger partial charge in [0.1, 0.15) is 5.02 Å². The summed E-state index contributed by atoms with van der Waals surface area (Å²) in [5.74, 6) is 0.332. The maximum absolute atomic E-state index is 12.1. The SMILES string of the molecule is CS(=O)(=O)N1CCCc2cccc(Nc3nc(Cl)ncc3Cl)c21. The van der Waals surface area contributed by atoms with Crippen LogP contribution in [0.25, 0.3) is 0 Å². The Balaban J connectivity index is 2.09. The van der Waals surface area contributed by atoms with Gasteiger partial charge in [-0.2, -0.15) is 4.98 Å². The molecule has 9 heteroatoms. The molecule has 23 heavy (non-hydrogen) atoms. The van der Waals surface area contributed by atoms with Gasteiger partial charge in [-0.15, -0.1) is 0 Å². The fraction of sp³-hybridized carbons (Fsp3) is 0.286. The summed E-state index contributed by atoms with van der Waals surface area (Å²) >= 11 is 11.9. The van der Waals surface area contributed by atoms with E-state index in [9.17, 15) is 8.42 Å². The first kappa shape index (κ1) is 16.3. The Labute approximate surface area is 144 Å². The lowest BCUT2D eigenvalue weighted by atomic mass is 10.0. The van der Waals surface area contributed by atoms with E-state index in [1.807, 2.05) is 12.1 Å². The lowest BCUT2D eigenvalue weighted by molar-refractivity contribution is 0.592.